The Morgan fingerprint density at radius 3 is 2.50 bits per heavy atom. The maximum Gasteiger partial charge on any atom is 0.416 e. The SMILES string of the molecule is CCNCC(C(=O)O)c1ccccc1C(F)(F)F. The third-order valence-corrected chi connectivity index (χ3v) is 2.54. The Kier molecular flexibility index (Phi) is 4.72. The lowest BCUT2D eigenvalue weighted by molar-refractivity contribution is -0.141. The van der Waals surface area contributed by atoms with Crippen molar-refractivity contribution in [3.8, 4) is 0 Å². The number of nitrogens with one attached hydrogen (secondary N) is 1. The fourth-order valence-electron chi connectivity index (χ4n) is 1.68. The van der Waals surface area contributed by atoms with E-state index in [-0.39, 0.29) is 12.1 Å². The molecule has 0 bridgehead atoms. The standard InChI is InChI=1S/C12H14F3NO2/c1-2-16-7-9(11(17)18)8-5-3-4-6-10(8)12(13,14)15/h3-6,9,16H,2,7H2,1H3,(H,17,18). The Morgan fingerprint density at radius 2 is 2.00 bits per heavy atom. The van der Waals surface area contributed by atoms with Gasteiger partial charge in [0.1, 0.15) is 0 Å². The Balaban J connectivity index is 3.16. The van der Waals surface area contributed by atoms with Crippen LogP contribution in [0, 0.1) is 0 Å². The lowest BCUT2D eigenvalue weighted by Crippen LogP contribution is -2.28. The molecule has 1 aromatic rings. The minimum absolute atomic E-state index is 0.0288. The van der Waals surface area contributed by atoms with E-state index in [9.17, 15) is 18.0 Å². The quantitative estimate of drug-likeness (QED) is 0.856. The second-order valence-electron chi connectivity index (χ2n) is 3.78. The van der Waals surface area contributed by atoms with Gasteiger partial charge in [-0.15, -0.1) is 0 Å². The van der Waals surface area contributed by atoms with Gasteiger partial charge in [-0.25, -0.2) is 0 Å². The summed E-state index contributed by atoms with van der Waals surface area (Å²) in [6, 6.07) is 4.76. The summed E-state index contributed by atoms with van der Waals surface area (Å²) >= 11 is 0. The molecule has 1 atom stereocenters. The van der Waals surface area contributed by atoms with Crippen molar-refractivity contribution in [1.29, 1.82) is 0 Å². The summed E-state index contributed by atoms with van der Waals surface area (Å²) in [5.41, 5.74) is -1.10. The molecule has 0 aliphatic carbocycles. The van der Waals surface area contributed by atoms with Crippen LogP contribution in [-0.2, 0) is 11.0 Å². The van der Waals surface area contributed by atoms with E-state index >= 15 is 0 Å². The Hall–Kier alpha value is -1.56. The van der Waals surface area contributed by atoms with Crippen LogP contribution in [0.3, 0.4) is 0 Å². The number of aliphatic carboxylic acids is 1. The normalized spacial score (nSPS) is 13.3. The van der Waals surface area contributed by atoms with Crippen LogP contribution in [0.1, 0.15) is 24.0 Å². The van der Waals surface area contributed by atoms with Crippen LogP contribution in [0.4, 0.5) is 13.2 Å². The van der Waals surface area contributed by atoms with Gasteiger partial charge in [-0.2, -0.15) is 13.2 Å². The summed E-state index contributed by atoms with van der Waals surface area (Å²) in [5.74, 6) is -2.48. The van der Waals surface area contributed by atoms with E-state index in [1.165, 1.54) is 18.2 Å². The number of carboxylic acids is 1. The van der Waals surface area contributed by atoms with Crippen molar-refractivity contribution in [2.75, 3.05) is 13.1 Å². The number of carboxylic acid groups (broad SMARTS) is 1. The van der Waals surface area contributed by atoms with Crippen LogP contribution in [-0.4, -0.2) is 24.2 Å². The van der Waals surface area contributed by atoms with E-state index in [0.717, 1.165) is 6.07 Å². The molecular weight excluding hydrogens is 247 g/mol. The highest BCUT2D eigenvalue weighted by molar-refractivity contribution is 5.77. The Labute approximate surface area is 103 Å². The molecular formula is C12H14F3NO2. The molecule has 1 rings (SSSR count). The van der Waals surface area contributed by atoms with Gasteiger partial charge in [-0.05, 0) is 18.2 Å². The maximum atomic E-state index is 12.8. The second-order valence-corrected chi connectivity index (χ2v) is 3.78. The molecule has 0 saturated carbocycles. The van der Waals surface area contributed by atoms with E-state index in [1.54, 1.807) is 6.92 Å². The van der Waals surface area contributed by atoms with Gasteiger partial charge in [0.25, 0.3) is 0 Å². The third-order valence-electron chi connectivity index (χ3n) is 2.54. The van der Waals surface area contributed by atoms with E-state index in [2.05, 4.69) is 5.32 Å². The van der Waals surface area contributed by atoms with Gasteiger partial charge < -0.3 is 10.4 Å². The summed E-state index contributed by atoms with van der Waals surface area (Å²) in [6.45, 7) is 2.23. The number of likely N-dealkylation sites (N-methyl/N-ethyl adjacent to an activating group) is 1. The molecule has 0 heterocycles. The highest BCUT2D eigenvalue weighted by Gasteiger charge is 2.36. The highest BCUT2D eigenvalue weighted by atomic mass is 19.4. The first-order chi connectivity index (χ1) is 8.38. The molecule has 0 fully saturated rings. The molecule has 0 saturated heterocycles. The molecule has 0 aliphatic heterocycles. The number of halogens is 3. The van der Waals surface area contributed by atoms with Gasteiger partial charge in [-0.1, -0.05) is 25.1 Å². The molecule has 18 heavy (non-hydrogen) atoms. The van der Waals surface area contributed by atoms with Crippen molar-refractivity contribution in [2.45, 2.75) is 19.0 Å². The fourth-order valence-corrected chi connectivity index (χ4v) is 1.68. The predicted molar refractivity (Wildman–Crippen MR) is 60.4 cm³/mol. The number of hydrogen-bond acceptors (Lipinski definition) is 2. The molecule has 0 aromatic heterocycles. The molecule has 6 heteroatoms. The number of benzene rings is 1. The highest BCUT2D eigenvalue weighted by Crippen LogP contribution is 2.35. The van der Waals surface area contributed by atoms with Gasteiger partial charge in [0, 0.05) is 6.54 Å². The topological polar surface area (TPSA) is 49.3 Å². The molecule has 0 aliphatic rings. The van der Waals surface area contributed by atoms with Gasteiger partial charge in [-0.3, -0.25) is 4.79 Å². The summed E-state index contributed by atoms with van der Waals surface area (Å²) in [7, 11) is 0. The largest absolute Gasteiger partial charge is 0.481 e. The molecule has 100 valence electrons. The van der Waals surface area contributed by atoms with Gasteiger partial charge in [0.15, 0.2) is 0 Å². The lowest BCUT2D eigenvalue weighted by Gasteiger charge is -2.18. The van der Waals surface area contributed by atoms with Crippen molar-refractivity contribution in [2.24, 2.45) is 0 Å². The van der Waals surface area contributed by atoms with E-state index in [1.807, 2.05) is 0 Å². The zero-order valence-corrected chi connectivity index (χ0v) is 9.79. The van der Waals surface area contributed by atoms with Crippen LogP contribution >= 0.6 is 0 Å². The van der Waals surface area contributed by atoms with Crippen LogP contribution in [0.2, 0.25) is 0 Å². The van der Waals surface area contributed by atoms with Gasteiger partial charge >= 0.3 is 12.1 Å². The van der Waals surface area contributed by atoms with Crippen molar-refractivity contribution in [1.82, 2.24) is 5.32 Å². The monoisotopic (exact) mass is 261 g/mol. The first kappa shape index (κ1) is 14.5. The van der Waals surface area contributed by atoms with Crippen LogP contribution < -0.4 is 5.32 Å². The zero-order chi connectivity index (χ0) is 13.8. The first-order valence-electron chi connectivity index (χ1n) is 5.47. The van der Waals surface area contributed by atoms with Crippen LogP contribution in [0.25, 0.3) is 0 Å². The van der Waals surface area contributed by atoms with Crippen LogP contribution in [0.5, 0.6) is 0 Å². The number of carbonyl (C=O) groups is 1. The summed E-state index contributed by atoms with van der Waals surface area (Å²) in [6.07, 6.45) is -4.55. The minimum Gasteiger partial charge on any atom is -0.481 e. The molecule has 0 amide bonds. The summed E-state index contributed by atoms with van der Waals surface area (Å²) in [4.78, 5) is 11.1. The van der Waals surface area contributed by atoms with Crippen molar-refractivity contribution in [3.05, 3.63) is 35.4 Å². The van der Waals surface area contributed by atoms with Crippen molar-refractivity contribution < 1.29 is 23.1 Å². The Bertz CT molecular complexity index is 418. The maximum absolute atomic E-state index is 12.8. The average molecular weight is 261 g/mol. The van der Waals surface area contributed by atoms with Crippen molar-refractivity contribution >= 4 is 5.97 Å². The fraction of sp³-hybridized carbons (Fsp3) is 0.417. The van der Waals surface area contributed by atoms with E-state index < -0.39 is 23.6 Å². The molecule has 2 N–H and O–H groups in total. The van der Waals surface area contributed by atoms with Crippen LogP contribution in [0.15, 0.2) is 24.3 Å². The third kappa shape index (κ3) is 3.46. The molecule has 0 radical (unpaired) electrons. The average Bonchev–Trinajstić information content (AvgIpc) is 2.28. The summed E-state index contributed by atoms with van der Waals surface area (Å²) < 4.78 is 38.3. The molecule has 3 nitrogen and oxygen atoms in total. The number of hydrogen-bond donors (Lipinski definition) is 2. The predicted octanol–water partition coefficient (Wildman–Crippen LogP) is 2.48. The minimum atomic E-state index is -4.55. The van der Waals surface area contributed by atoms with E-state index in [4.69, 9.17) is 5.11 Å². The smallest absolute Gasteiger partial charge is 0.416 e. The Morgan fingerprint density at radius 1 is 1.39 bits per heavy atom. The number of alkyl halides is 3. The zero-order valence-electron chi connectivity index (χ0n) is 9.79. The van der Waals surface area contributed by atoms with Gasteiger partial charge in [0.2, 0.25) is 0 Å². The van der Waals surface area contributed by atoms with Gasteiger partial charge in [0.05, 0.1) is 11.5 Å². The number of rotatable bonds is 5. The van der Waals surface area contributed by atoms with E-state index in [0.29, 0.717) is 6.54 Å². The molecule has 1 unspecified atom stereocenters. The first-order valence-corrected chi connectivity index (χ1v) is 5.47. The summed E-state index contributed by atoms with van der Waals surface area (Å²) in [5, 5.41) is 11.8. The molecule has 1 aromatic carbocycles. The lowest BCUT2D eigenvalue weighted by atomic mass is 9.93. The second kappa shape index (κ2) is 5.86. The molecule has 0 spiro atoms. The van der Waals surface area contributed by atoms with Crippen molar-refractivity contribution in [3.63, 3.8) is 0 Å².